The zero-order valence-electron chi connectivity index (χ0n) is 16.2. The van der Waals surface area contributed by atoms with Crippen molar-refractivity contribution >= 4 is 6.16 Å². The highest BCUT2D eigenvalue weighted by atomic mass is 16.7. The van der Waals surface area contributed by atoms with E-state index in [1.165, 1.54) is 19.3 Å². The average Bonchev–Trinajstić information content (AvgIpc) is 2.48. The molecule has 1 aliphatic heterocycles. The summed E-state index contributed by atoms with van der Waals surface area (Å²) in [6.07, 6.45) is 12.0. The molecule has 4 heteroatoms. The fourth-order valence-corrected chi connectivity index (χ4v) is 2.91. The topological polar surface area (TPSA) is 44.8 Å². The van der Waals surface area contributed by atoms with E-state index in [0.717, 1.165) is 32.1 Å². The Morgan fingerprint density at radius 2 is 1.92 bits per heavy atom. The molecule has 140 valence electrons. The van der Waals surface area contributed by atoms with Crippen LogP contribution >= 0.6 is 0 Å². The zero-order chi connectivity index (χ0) is 18.0. The van der Waals surface area contributed by atoms with Crippen LogP contribution in [0, 0.1) is 0 Å². The molecule has 4 nitrogen and oxygen atoms in total. The van der Waals surface area contributed by atoms with Gasteiger partial charge in [0.05, 0.1) is 12.2 Å². The van der Waals surface area contributed by atoms with Crippen molar-refractivity contribution in [1.82, 2.24) is 0 Å². The van der Waals surface area contributed by atoms with Gasteiger partial charge in [0.15, 0.2) is 0 Å². The molecule has 0 amide bonds. The molecule has 1 saturated heterocycles. The summed E-state index contributed by atoms with van der Waals surface area (Å²) in [5, 5.41) is 0. The maximum Gasteiger partial charge on any atom is 0.509 e. The first-order chi connectivity index (χ1) is 11.4. The van der Waals surface area contributed by atoms with Crippen molar-refractivity contribution in [2.45, 2.75) is 110 Å². The third-order valence-corrected chi connectivity index (χ3v) is 4.09. The summed E-state index contributed by atoms with van der Waals surface area (Å²) in [6, 6.07) is 0. The molecule has 0 aliphatic carbocycles. The fraction of sp³-hybridized carbons (Fsp3) is 0.850. The van der Waals surface area contributed by atoms with Gasteiger partial charge in [-0.2, -0.15) is 0 Å². The van der Waals surface area contributed by atoms with Crippen molar-refractivity contribution in [3.05, 3.63) is 12.2 Å². The summed E-state index contributed by atoms with van der Waals surface area (Å²) < 4.78 is 17.1. The number of hydrogen-bond donors (Lipinski definition) is 0. The largest absolute Gasteiger partial charge is 0.509 e. The Labute approximate surface area is 147 Å². The lowest BCUT2D eigenvalue weighted by atomic mass is 9.95. The molecule has 0 aromatic rings. The summed E-state index contributed by atoms with van der Waals surface area (Å²) in [6.45, 7) is 9.86. The van der Waals surface area contributed by atoms with E-state index < -0.39 is 11.8 Å². The average molecular weight is 341 g/mol. The predicted molar refractivity (Wildman–Crippen MR) is 97.2 cm³/mol. The van der Waals surface area contributed by atoms with Gasteiger partial charge in [-0.05, 0) is 52.9 Å². The highest BCUT2D eigenvalue weighted by molar-refractivity contribution is 5.60. The molecule has 3 atom stereocenters. The Balaban J connectivity index is 2.58. The molecule has 24 heavy (non-hydrogen) atoms. The number of allylic oxidation sites excluding steroid dienone is 1. The zero-order valence-corrected chi connectivity index (χ0v) is 16.2. The summed E-state index contributed by atoms with van der Waals surface area (Å²) in [7, 11) is 0. The molecule has 0 spiro atoms. The van der Waals surface area contributed by atoms with E-state index in [-0.39, 0.29) is 18.3 Å². The van der Waals surface area contributed by atoms with Crippen molar-refractivity contribution < 1.29 is 19.0 Å². The Bertz CT molecular complexity index is 384. The van der Waals surface area contributed by atoms with Crippen LogP contribution in [0.2, 0.25) is 0 Å². The van der Waals surface area contributed by atoms with E-state index in [0.29, 0.717) is 0 Å². The third-order valence-electron chi connectivity index (χ3n) is 4.09. The SMILES string of the molecule is CC/C=C/C[C@@H]1O[C@@H](CCCCC)CC[C@@H]1OC(=O)OC(C)(C)C. The third kappa shape index (κ3) is 8.72. The number of ether oxygens (including phenoxy) is 3. The standard InChI is InChI=1S/C20H36O4/c1-6-8-10-12-16-14-15-18(17(22-16)13-11-9-7-2)23-19(21)24-20(3,4)5/h9,11,16-18H,6-8,10,12-15H2,1-5H3/b11-9+/t16-,17-,18-/m0/s1. The monoisotopic (exact) mass is 340 g/mol. The number of rotatable bonds is 8. The first-order valence-electron chi connectivity index (χ1n) is 9.55. The van der Waals surface area contributed by atoms with E-state index >= 15 is 0 Å². The van der Waals surface area contributed by atoms with Crippen LogP contribution in [-0.2, 0) is 14.2 Å². The molecule has 0 saturated carbocycles. The molecule has 0 aromatic heterocycles. The number of carbonyl (C=O) groups excluding carboxylic acids is 1. The molecule has 0 bridgehead atoms. The molecule has 1 heterocycles. The quantitative estimate of drug-likeness (QED) is 0.319. The molecular weight excluding hydrogens is 304 g/mol. The highest BCUT2D eigenvalue weighted by Crippen LogP contribution is 2.28. The van der Waals surface area contributed by atoms with Gasteiger partial charge in [-0.1, -0.05) is 45.3 Å². The van der Waals surface area contributed by atoms with Gasteiger partial charge in [0.1, 0.15) is 11.7 Å². The summed E-state index contributed by atoms with van der Waals surface area (Å²) in [5.74, 6) is 0. The van der Waals surface area contributed by atoms with E-state index in [4.69, 9.17) is 14.2 Å². The van der Waals surface area contributed by atoms with Crippen LogP contribution in [0.1, 0.15) is 86.0 Å². The van der Waals surface area contributed by atoms with Crippen LogP contribution < -0.4 is 0 Å². The molecular formula is C20H36O4. The summed E-state index contributed by atoms with van der Waals surface area (Å²) >= 11 is 0. The van der Waals surface area contributed by atoms with Gasteiger partial charge in [0.25, 0.3) is 0 Å². The maximum absolute atomic E-state index is 12.0. The number of unbranched alkanes of at least 4 members (excludes halogenated alkanes) is 2. The normalized spacial score (nSPS) is 25.0. The van der Waals surface area contributed by atoms with Gasteiger partial charge in [-0.25, -0.2) is 4.79 Å². The fourth-order valence-electron chi connectivity index (χ4n) is 2.91. The van der Waals surface area contributed by atoms with E-state index in [2.05, 4.69) is 26.0 Å². The highest BCUT2D eigenvalue weighted by Gasteiger charge is 2.34. The first kappa shape index (κ1) is 21.0. The minimum absolute atomic E-state index is 0.0688. The molecule has 0 radical (unpaired) electrons. The van der Waals surface area contributed by atoms with Crippen LogP contribution in [0.25, 0.3) is 0 Å². The summed E-state index contributed by atoms with van der Waals surface area (Å²) in [5.41, 5.74) is -0.535. The second kappa shape index (κ2) is 10.8. The van der Waals surface area contributed by atoms with Crippen molar-refractivity contribution in [2.24, 2.45) is 0 Å². The van der Waals surface area contributed by atoms with Crippen molar-refractivity contribution in [3.8, 4) is 0 Å². The van der Waals surface area contributed by atoms with Gasteiger partial charge in [0.2, 0.25) is 0 Å². The molecule has 0 N–H and O–H groups in total. The molecule has 0 aromatic carbocycles. The van der Waals surface area contributed by atoms with Gasteiger partial charge >= 0.3 is 6.16 Å². The number of hydrogen-bond acceptors (Lipinski definition) is 4. The Morgan fingerprint density at radius 1 is 1.17 bits per heavy atom. The smallest absolute Gasteiger partial charge is 0.429 e. The van der Waals surface area contributed by atoms with E-state index in [1.807, 2.05) is 20.8 Å². The van der Waals surface area contributed by atoms with Crippen molar-refractivity contribution in [3.63, 3.8) is 0 Å². The van der Waals surface area contributed by atoms with E-state index in [9.17, 15) is 4.79 Å². The van der Waals surface area contributed by atoms with Crippen molar-refractivity contribution in [2.75, 3.05) is 0 Å². The molecule has 0 unspecified atom stereocenters. The number of carbonyl (C=O) groups is 1. The Kier molecular flexibility index (Phi) is 9.42. The van der Waals surface area contributed by atoms with Gasteiger partial charge in [0, 0.05) is 0 Å². The van der Waals surface area contributed by atoms with Crippen LogP contribution in [0.5, 0.6) is 0 Å². The van der Waals surface area contributed by atoms with Crippen LogP contribution in [0.15, 0.2) is 12.2 Å². The predicted octanol–water partition coefficient (Wildman–Crippen LogP) is 5.79. The maximum atomic E-state index is 12.0. The summed E-state index contributed by atoms with van der Waals surface area (Å²) in [4.78, 5) is 12.0. The van der Waals surface area contributed by atoms with Gasteiger partial charge in [-0.3, -0.25) is 0 Å². The van der Waals surface area contributed by atoms with Crippen LogP contribution in [-0.4, -0.2) is 30.1 Å². The van der Waals surface area contributed by atoms with Crippen molar-refractivity contribution in [1.29, 1.82) is 0 Å². The lowest BCUT2D eigenvalue weighted by molar-refractivity contribution is -0.134. The molecule has 1 fully saturated rings. The van der Waals surface area contributed by atoms with Gasteiger partial charge < -0.3 is 14.2 Å². The Morgan fingerprint density at radius 3 is 2.54 bits per heavy atom. The van der Waals surface area contributed by atoms with E-state index in [1.54, 1.807) is 0 Å². The molecule has 1 aliphatic rings. The lowest BCUT2D eigenvalue weighted by Crippen LogP contribution is -2.42. The minimum atomic E-state index is -0.593. The second-order valence-corrected chi connectivity index (χ2v) is 7.61. The second-order valence-electron chi connectivity index (χ2n) is 7.61. The first-order valence-corrected chi connectivity index (χ1v) is 9.55. The minimum Gasteiger partial charge on any atom is -0.429 e. The van der Waals surface area contributed by atoms with Gasteiger partial charge in [-0.15, -0.1) is 0 Å². The van der Waals surface area contributed by atoms with Crippen LogP contribution in [0.3, 0.4) is 0 Å². The Hall–Kier alpha value is -1.03. The lowest BCUT2D eigenvalue weighted by Gasteiger charge is -2.36. The molecule has 1 rings (SSSR count). The van der Waals surface area contributed by atoms with Crippen LogP contribution in [0.4, 0.5) is 4.79 Å².